The van der Waals surface area contributed by atoms with Crippen LogP contribution < -0.4 is 5.73 Å². The van der Waals surface area contributed by atoms with Gasteiger partial charge in [-0.15, -0.1) is 0 Å². The summed E-state index contributed by atoms with van der Waals surface area (Å²) in [6.45, 7) is 9.57. The molecule has 3 aliphatic rings. The molecule has 2 aliphatic heterocycles. The average molecular weight is 281 g/mol. The molecular weight excluding hydrogens is 250 g/mol. The van der Waals surface area contributed by atoms with Crippen LogP contribution in [0.5, 0.6) is 0 Å². The van der Waals surface area contributed by atoms with Crippen molar-refractivity contribution in [2.45, 2.75) is 69.7 Å². The van der Waals surface area contributed by atoms with E-state index in [9.17, 15) is 0 Å². The van der Waals surface area contributed by atoms with E-state index in [1.165, 1.54) is 45.2 Å². The first kappa shape index (κ1) is 14.8. The molecule has 116 valence electrons. The van der Waals surface area contributed by atoms with Gasteiger partial charge in [0.05, 0.1) is 6.10 Å². The monoisotopic (exact) mass is 281 g/mol. The van der Waals surface area contributed by atoms with E-state index in [0.717, 1.165) is 25.7 Å². The lowest BCUT2D eigenvalue weighted by Crippen LogP contribution is -2.59. The van der Waals surface area contributed by atoms with Gasteiger partial charge in [0, 0.05) is 43.9 Å². The van der Waals surface area contributed by atoms with E-state index >= 15 is 0 Å². The summed E-state index contributed by atoms with van der Waals surface area (Å²) in [6, 6.07) is 1.55. The molecule has 20 heavy (non-hydrogen) atoms. The smallest absolute Gasteiger partial charge is 0.0702 e. The maximum absolute atomic E-state index is 6.25. The highest BCUT2D eigenvalue weighted by atomic mass is 16.5. The summed E-state index contributed by atoms with van der Waals surface area (Å²) in [5.74, 6) is 0. The topological polar surface area (TPSA) is 41.7 Å². The van der Waals surface area contributed by atoms with Crippen molar-refractivity contribution in [1.29, 1.82) is 0 Å². The zero-order valence-corrected chi connectivity index (χ0v) is 13.2. The van der Waals surface area contributed by atoms with Crippen molar-refractivity contribution in [2.75, 3.05) is 32.8 Å². The molecule has 3 fully saturated rings. The van der Waals surface area contributed by atoms with Crippen LogP contribution >= 0.6 is 0 Å². The number of hydrogen-bond donors (Lipinski definition) is 1. The third-order valence-electron chi connectivity index (χ3n) is 5.57. The van der Waals surface area contributed by atoms with Gasteiger partial charge in [0.15, 0.2) is 0 Å². The highest BCUT2D eigenvalue weighted by molar-refractivity contribution is 5.07. The molecule has 2 saturated heterocycles. The second kappa shape index (κ2) is 5.91. The zero-order chi connectivity index (χ0) is 14.2. The Bertz CT molecular complexity index is 332. The molecule has 3 rings (SSSR count). The fourth-order valence-electron chi connectivity index (χ4n) is 4.37. The van der Waals surface area contributed by atoms with Gasteiger partial charge < -0.3 is 10.5 Å². The van der Waals surface area contributed by atoms with Crippen LogP contribution in [0.1, 0.15) is 46.0 Å². The Hall–Kier alpha value is -0.160. The lowest BCUT2D eigenvalue weighted by atomic mass is 9.91. The Balaban J connectivity index is 1.68. The van der Waals surface area contributed by atoms with E-state index in [1.807, 2.05) is 0 Å². The summed E-state index contributed by atoms with van der Waals surface area (Å²) in [4.78, 5) is 5.38. The molecule has 0 bridgehead atoms. The van der Waals surface area contributed by atoms with Crippen LogP contribution in [0.3, 0.4) is 0 Å². The van der Waals surface area contributed by atoms with Crippen LogP contribution in [0, 0.1) is 0 Å². The summed E-state index contributed by atoms with van der Waals surface area (Å²) in [5.41, 5.74) is 6.46. The maximum atomic E-state index is 6.25. The zero-order valence-electron chi connectivity index (χ0n) is 13.2. The summed E-state index contributed by atoms with van der Waals surface area (Å²) in [6.07, 6.45) is 6.91. The van der Waals surface area contributed by atoms with Gasteiger partial charge in [-0.3, -0.25) is 9.80 Å². The number of ether oxygens (including phenoxy) is 1. The number of nitrogens with zero attached hydrogens (tertiary/aromatic N) is 2. The molecule has 0 aromatic carbocycles. The predicted molar refractivity (Wildman–Crippen MR) is 81.8 cm³/mol. The van der Waals surface area contributed by atoms with Crippen LogP contribution in [0.2, 0.25) is 0 Å². The highest BCUT2D eigenvalue weighted by Crippen LogP contribution is 2.40. The predicted octanol–water partition coefficient (Wildman–Crippen LogP) is 1.44. The molecule has 1 saturated carbocycles. The largest absolute Gasteiger partial charge is 0.377 e. The second-order valence-corrected chi connectivity index (χ2v) is 7.05. The molecule has 1 aliphatic carbocycles. The maximum Gasteiger partial charge on any atom is 0.0702 e. The molecule has 0 amide bonds. The lowest BCUT2D eigenvalue weighted by molar-refractivity contribution is -0.0303. The van der Waals surface area contributed by atoms with Gasteiger partial charge in [0.25, 0.3) is 0 Å². The summed E-state index contributed by atoms with van der Waals surface area (Å²) >= 11 is 0. The SMILES string of the molecule is CCOC1CCCN(C2(CN)CC(C)N(C3CC3)C2)C1. The van der Waals surface area contributed by atoms with Crippen LogP contribution in [-0.4, -0.2) is 66.3 Å². The van der Waals surface area contributed by atoms with E-state index in [-0.39, 0.29) is 5.54 Å². The molecule has 0 aromatic rings. The van der Waals surface area contributed by atoms with E-state index in [0.29, 0.717) is 12.1 Å². The fourth-order valence-corrected chi connectivity index (χ4v) is 4.37. The van der Waals surface area contributed by atoms with Gasteiger partial charge in [-0.1, -0.05) is 0 Å². The number of rotatable bonds is 5. The van der Waals surface area contributed by atoms with Gasteiger partial charge in [0.2, 0.25) is 0 Å². The summed E-state index contributed by atoms with van der Waals surface area (Å²) < 4.78 is 5.88. The van der Waals surface area contributed by atoms with Crippen molar-refractivity contribution in [3.63, 3.8) is 0 Å². The molecule has 0 aromatic heterocycles. The van der Waals surface area contributed by atoms with Gasteiger partial charge in [-0.2, -0.15) is 0 Å². The normalized spacial score (nSPS) is 40.4. The van der Waals surface area contributed by atoms with Crippen LogP contribution in [-0.2, 0) is 4.74 Å². The van der Waals surface area contributed by atoms with Crippen molar-refractivity contribution < 1.29 is 4.74 Å². The van der Waals surface area contributed by atoms with Crippen LogP contribution in [0.4, 0.5) is 0 Å². The third-order valence-corrected chi connectivity index (χ3v) is 5.57. The van der Waals surface area contributed by atoms with Crippen molar-refractivity contribution in [3.05, 3.63) is 0 Å². The quantitative estimate of drug-likeness (QED) is 0.828. The molecule has 2 heterocycles. The van der Waals surface area contributed by atoms with Crippen LogP contribution in [0.25, 0.3) is 0 Å². The molecule has 4 nitrogen and oxygen atoms in total. The Labute approximate surface area is 123 Å². The average Bonchev–Trinajstić information content (AvgIpc) is 3.23. The summed E-state index contributed by atoms with van der Waals surface area (Å²) in [5, 5.41) is 0. The molecular formula is C16H31N3O. The first-order chi connectivity index (χ1) is 9.68. The Morgan fingerprint density at radius 1 is 1.30 bits per heavy atom. The number of likely N-dealkylation sites (tertiary alicyclic amines) is 2. The molecule has 0 spiro atoms. The Morgan fingerprint density at radius 2 is 2.10 bits per heavy atom. The molecule has 0 radical (unpaired) electrons. The molecule has 4 heteroatoms. The van der Waals surface area contributed by atoms with Crippen molar-refractivity contribution in [1.82, 2.24) is 9.80 Å². The molecule has 3 unspecified atom stereocenters. The Morgan fingerprint density at radius 3 is 2.75 bits per heavy atom. The first-order valence-electron chi connectivity index (χ1n) is 8.51. The fraction of sp³-hybridized carbons (Fsp3) is 1.00. The van der Waals surface area contributed by atoms with E-state index < -0.39 is 0 Å². The van der Waals surface area contributed by atoms with E-state index in [1.54, 1.807) is 0 Å². The minimum Gasteiger partial charge on any atom is -0.377 e. The van der Waals surface area contributed by atoms with Gasteiger partial charge in [0.1, 0.15) is 0 Å². The second-order valence-electron chi connectivity index (χ2n) is 7.05. The van der Waals surface area contributed by atoms with Crippen LogP contribution in [0.15, 0.2) is 0 Å². The van der Waals surface area contributed by atoms with Gasteiger partial charge in [-0.05, 0) is 52.5 Å². The van der Waals surface area contributed by atoms with Crippen molar-refractivity contribution >= 4 is 0 Å². The Kier molecular flexibility index (Phi) is 4.37. The third kappa shape index (κ3) is 2.76. The minimum atomic E-state index is 0.206. The van der Waals surface area contributed by atoms with Gasteiger partial charge >= 0.3 is 0 Å². The standard InChI is InChI=1S/C16H31N3O/c1-3-20-15-5-4-8-18(10-15)16(11-17)9-13(2)19(12-16)14-6-7-14/h13-15H,3-12,17H2,1-2H3. The number of hydrogen-bond acceptors (Lipinski definition) is 4. The number of piperidine rings is 1. The summed E-state index contributed by atoms with van der Waals surface area (Å²) in [7, 11) is 0. The minimum absolute atomic E-state index is 0.206. The van der Waals surface area contributed by atoms with Gasteiger partial charge in [-0.25, -0.2) is 0 Å². The first-order valence-corrected chi connectivity index (χ1v) is 8.51. The number of nitrogens with two attached hydrogens (primary N) is 1. The van der Waals surface area contributed by atoms with E-state index in [4.69, 9.17) is 10.5 Å². The molecule has 2 N–H and O–H groups in total. The van der Waals surface area contributed by atoms with Crippen molar-refractivity contribution in [3.8, 4) is 0 Å². The molecule has 3 atom stereocenters. The van der Waals surface area contributed by atoms with E-state index in [2.05, 4.69) is 23.6 Å². The lowest BCUT2D eigenvalue weighted by Gasteiger charge is -2.45. The van der Waals surface area contributed by atoms with Crippen molar-refractivity contribution in [2.24, 2.45) is 5.73 Å². The highest BCUT2D eigenvalue weighted by Gasteiger charge is 2.49.